The third-order valence-electron chi connectivity index (χ3n) is 0.965. The normalized spacial score (nSPS) is 9.11. The Labute approximate surface area is 59.2 Å². The molecule has 0 saturated carbocycles. The van der Waals surface area contributed by atoms with Gasteiger partial charge >= 0.3 is 0 Å². The highest BCUT2D eigenvalue weighted by molar-refractivity contribution is 6.24. The average Bonchev–Trinajstić information content (AvgIpc) is 1.90. The lowest BCUT2D eigenvalue weighted by molar-refractivity contribution is 1.21. The number of aromatic nitrogens is 1. The van der Waals surface area contributed by atoms with E-state index < -0.39 is 0 Å². The summed E-state index contributed by atoms with van der Waals surface area (Å²) in [6.45, 7) is 0. The summed E-state index contributed by atoms with van der Waals surface area (Å²) in [7, 11) is 1.74. The Hall–Kier alpha value is -0.760. The van der Waals surface area contributed by atoms with Crippen LogP contribution in [-0.4, -0.2) is 12.0 Å². The quantitative estimate of drug-likeness (QED) is 0.555. The van der Waals surface area contributed by atoms with Gasteiger partial charge in [0.05, 0.1) is 0 Å². The minimum atomic E-state index is 0.763. The summed E-state index contributed by atoms with van der Waals surface area (Å²) in [5, 5.41) is 0. The van der Waals surface area contributed by atoms with Crippen molar-refractivity contribution < 1.29 is 0 Å². The summed E-state index contributed by atoms with van der Waals surface area (Å²) in [4.78, 5) is 3.97. The van der Waals surface area contributed by atoms with Crippen LogP contribution in [0.25, 0.3) is 0 Å². The third-order valence-corrected chi connectivity index (χ3v) is 1.14. The average molecular weight is 143 g/mol. The highest BCUT2D eigenvalue weighted by Crippen LogP contribution is 2.07. The number of hydrogen-bond acceptors (Lipinski definition) is 2. The number of rotatable bonds is 1. The van der Waals surface area contributed by atoms with Crippen molar-refractivity contribution in [3.63, 3.8) is 0 Å². The molecule has 1 aromatic rings. The smallest absolute Gasteiger partial charge is 0.142 e. The molecule has 1 heterocycles. The fraction of sp³-hybridized carbons (Fsp3) is 0.167. The van der Waals surface area contributed by atoms with Crippen molar-refractivity contribution in [2.75, 3.05) is 11.5 Å². The van der Waals surface area contributed by atoms with Gasteiger partial charge in [0.1, 0.15) is 5.82 Å². The first-order chi connectivity index (χ1) is 4.30. The number of hydrogen-bond donors (Lipinski definition) is 0. The van der Waals surface area contributed by atoms with Crippen LogP contribution < -0.4 is 4.42 Å². The minimum absolute atomic E-state index is 0.763. The molecule has 0 unspecified atom stereocenters. The van der Waals surface area contributed by atoms with E-state index in [0.29, 0.717) is 0 Å². The lowest BCUT2D eigenvalue weighted by Gasteiger charge is -2.04. The fourth-order valence-corrected chi connectivity index (χ4v) is 0.636. The second kappa shape index (κ2) is 2.69. The van der Waals surface area contributed by atoms with Crippen LogP contribution in [-0.2, 0) is 0 Å². The topological polar surface area (TPSA) is 16.1 Å². The maximum absolute atomic E-state index is 5.57. The molecule has 0 aliphatic carbocycles. The number of pyridine rings is 1. The molecule has 0 fully saturated rings. The van der Waals surface area contributed by atoms with E-state index in [1.165, 1.54) is 4.42 Å². The molecule has 1 rings (SSSR count). The van der Waals surface area contributed by atoms with E-state index in [4.69, 9.17) is 11.8 Å². The highest BCUT2D eigenvalue weighted by atomic mass is 35.5. The van der Waals surface area contributed by atoms with Crippen molar-refractivity contribution in [3.8, 4) is 0 Å². The molecule has 0 atom stereocenters. The molecule has 9 heavy (non-hydrogen) atoms. The maximum atomic E-state index is 5.57. The van der Waals surface area contributed by atoms with Crippen LogP contribution in [0.2, 0.25) is 0 Å². The maximum Gasteiger partial charge on any atom is 0.142 e. The van der Waals surface area contributed by atoms with Crippen LogP contribution in [0.3, 0.4) is 0 Å². The lowest BCUT2D eigenvalue weighted by atomic mass is 10.5. The first-order valence-electron chi connectivity index (χ1n) is 2.61. The lowest BCUT2D eigenvalue weighted by Crippen LogP contribution is -2.01. The Balaban J connectivity index is 2.85. The molecule has 1 aromatic heterocycles. The SMILES string of the molecule is CN(Cl)c1ccccn1. The molecule has 0 aromatic carbocycles. The van der Waals surface area contributed by atoms with Crippen LogP contribution in [0.1, 0.15) is 0 Å². The number of nitrogens with zero attached hydrogens (tertiary/aromatic N) is 2. The van der Waals surface area contributed by atoms with Crippen molar-refractivity contribution in [3.05, 3.63) is 24.4 Å². The van der Waals surface area contributed by atoms with Gasteiger partial charge in [0, 0.05) is 25.0 Å². The second-order valence-electron chi connectivity index (χ2n) is 1.67. The van der Waals surface area contributed by atoms with Crippen molar-refractivity contribution in [2.24, 2.45) is 0 Å². The van der Waals surface area contributed by atoms with Crippen molar-refractivity contribution in [1.29, 1.82) is 0 Å². The first kappa shape index (κ1) is 6.36. The largest absolute Gasteiger partial charge is 0.272 e. The molecule has 0 aliphatic rings. The zero-order valence-electron chi connectivity index (χ0n) is 5.08. The van der Waals surface area contributed by atoms with Crippen molar-refractivity contribution >= 4 is 17.6 Å². The zero-order valence-corrected chi connectivity index (χ0v) is 5.84. The van der Waals surface area contributed by atoms with Crippen LogP contribution in [0.4, 0.5) is 5.82 Å². The molecule has 0 saturated heterocycles. The van der Waals surface area contributed by atoms with Crippen molar-refractivity contribution in [2.45, 2.75) is 0 Å². The van der Waals surface area contributed by atoms with Crippen molar-refractivity contribution in [1.82, 2.24) is 4.98 Å². The standard InChI is InChI=1S/C6H7ClN2/c1-9(7)6-4-2-3-5-8-6/h2-5H,1H3. The van der Waals surface area contributed by atoms with Crippen LogP contribution >= 0.6 is 11.8 Å². The van der Waals surface area contributed by atoms with Gasteiger partial charge in [-0.3, -0.25) is 4.42 Å². The number of anilines is 1. The Morgan fingerprint density at radius 2 is 2.33 bits per heavy atom. The molecule has 0 bridgehead atoms. The Bertz CT molecular complexity index is 174. The van der Waals surface area contributed by atoms with Gasteiger partial charge < -0.3 is 0 Å². The summed E-state index contributed by atoms with van der Waals surface area (Å²) in [5.41, 5.74) is 0. The fourth-order valence-electron chi connectivity index (χ4n) is 0.536. The predicted octanol–water partition coefficient (Wildman–Crippen LogP) is 1.67. The molecule has 0 amide bonds. The molecule has 0 aliphatic heterocycles. The predicted molar refractivity (Wildman–Crippen MR) is 38.5 cm³/mol. The summed E-state index contributed by atoms with van der Waals surface area (Å²) in [5.74, 6) is 0.763. The van der Waals surface area contributed by atoms with Crippen LogP contribution in [0.15, 0.2) is 24.4 Å². The molecule has 3 heteroatoms. The molecule has 2 nitrogen and oxygen atoms in total. The molecule has 0 radical (unpaired) electrons. The van der Waals surface area contributed by atoms with Gasteiger partial charge in [-0.15, -0.1) is 0 Å². The molecule has 0 N–H and O–H groups in total. The number of halogens is 1. The monoisotopic (exact) mass is 142 g/mol. The van der Waals surface area contributed by atoms with E-state index in [1.54, 1.807) is 13.2 Å². The van der Waals surface area contributed by atoms with Crippen LogP contribution in [0, 0.1) is 0 Å². The van der Waals surface area contributed by atoms with E-state index in [9.17, 15) is 0 Å². The summed E-state index contributed by atoms with van der Waals surface area (Å²) in [6.07, 6.45) is 1.70. The third kappa shape index (κ3) is 1.57. The minimum Gasteiger partial charge on any atom is -0.272 e. The van der Waals surface area contributed by atoms with E-state index in [-0.39, 0.29) is 0 Å². The highest BCUT2D eigenvalue weighted by Gasteiger charge is 1.92. The first-order valence-corrected chi connectivity index (χ1v) is 2.95. The van der Waals surface area contributed by atoms with E-state index in [2.05, 4.69) is 4.98 Å². The van der Waals surface area contributed by atoms with Gasteiger partial charge in [-0.05, 0) is 12.1 Å². The van der Waals surface area contributed by atoms with Gasteiger partial charge in [0.25, 0.3) is 0 Å². The molecular formula is C6H7ClN2. The Morgan fingerprint density at radius 3 is 2.67 bits per heavy atom. The van der Waals surface area contributed by atoms with Crippen LogP contribution in [0.5, 0.6) is 0 Å². The van der Waals surface area contributed by atoms with Gasteiger partial charge in [-0.1, -0.05) is 6.07 Å². The van der Waals surface area contributed by atoms with E-state index in [0.717, 1.165) is 5.82 Å². The van der Waals surface area contributed by atoms with Gasteiger partial charge in [-0.2, -0.15) is 0 Å². The van der Waals surface area contributed by atoms with E-state index >= 15 is 0 Å². The second-order valence-corrected chi connectivity index (χ2v) is 2.17. The Morgan fingerprint density at radius 1 is 1.56 bits per heavy atom. The van der Waals surface area contributed by atoms with Gasteiger partial charge in [0.15, 0.2) is 0 Å². The molecule has 48 valence electrons. The Kier molecular flexibility index (Phi) is 1.90. The summed E-state index contributed by atoms with van der Waals surface area (Å²) in [6, 6.07) is 5.58. The zero-order chi connectivity index (χ0) is 6.69. The van der Waals surface area contributed by atoms with Gasteiger partial charge in [-0.25, -0.2) is 4.98 Å². The van der Waals surface area contributed by atoms with Gasteiger partial charge in [0.2, 0.25) is 0 Å². The molecular weight excluding hydrogens is 136 g/mol. The summed E-state index contributed by atoms with van der Waals surface area (Å²) >= 11 is 5.57. The molecule has 0 spiro atoms. The summed E-state index contributed by atoms with van der Waals surface area (Å²) < 4.78 is 1.44. The van der Waals surface area contributed by atoms with E-state index in [1.807, 2.05) is 18.2 Å².